The molecule has 5 rings (SSSR count). The first-order valence-corrected chi connectivity index (χ1v) is 12.0. The molecule has 34 heavy (non-hydrogen) atoms. The highest BCUT2D eigenvalue weighted by molar-refractivity contribution is 7.99. The van der Waals surface area contributed by atoms with E-state index in [4.69, 9.17) is 14.2 Å². The maximum atomic E-state index is 12.3. The first-order chi connectivity index (χ1) is 16.7. The van der Waals surface area contributed by atoms with Gasteiger partial charge in [0.25, 0.3) is 0 Å². The Kier molecular flexibility index (Phi) is 6.57. The number of fused-ring (bicyclic) bond motifs is 1. The summed E-state index contributed by atoms with van der Waals surface area (Å²) < 4.78 is 16.1. The third-order valence-corrected chi connectivity index (χ3v) is 6.58. The first-order valence-electron chi connectivity index (χ1n) is 11.0. The molecule has 3 heterocycles. The van der Waals surface area contributed by atoms with Gasteiger partial charge in [-0.15, -0.1) is 10.2 Å². The molecule has 2 aliphatic heterocycles. The molecule has 0 spiro atoms. The van der Waals surface area contributed by atoms with Crippen LogP contribution < -0.4 is 29.3 Å². The Bertz CT molecular complexity index is 1150. The largest absolute Gasteiger partial charge is 0.495 e. The van der Waals surface area contributed by atoms with Gasteiger partial charge in [0, 0.05) is 37.9 Å². The van der Waals surface area contributed by atoms with Crippen LogP contribution in [0.1, 0.15) is 0 Å². The van der Waals surface area contributed by atoms with Crippen molar-refractivity contribution in [2.45, 2.75) is 5.03 Å². The van der Waals surface area contributed by atoms with Gasteiger partial charge in [0.05, 0.1) is 18.6 Å². The second-order valence-electron chi connectivity index (χ2n) is 7.78. The Hall–Kier alpha value is -3.66. The lowest BCUT2D eigenvalue weighted by atomic mass is 10.2. The molecule has 2 aliphatic rings. The normalized spacial score (nSPS) is 14.7. The fraction of sp³-hybridized carbons (Fsp3) is 0.292. The van der Waals surface area contributed by atoms with Crippen LogP contribution in [0.25, 0.3) is 0 Å². The van der Waals surface area contributed by atoms with Gasteiger partial charge in [0.1, 0.15) is 10.8 Å². The molecule has 1 fully saturated rings. The van der Waals surface area contributed by atoms with Crippen molar-refractivity contribution in [2.75, 3.05) is 61.0 Å². The average Bonchev–Trinajstić information content (AvgIpc) is 3.36. The monoisotopic (exact) mass is 479 g/mol. The predicted octanol–water partition coefficient (Wildman–Crippen LogP) is 3.27. The lowest BCUT2D eigenvalue weighted by Crippen LogP contribution is -2.47. The summed E-state index contributed by atoms with van der Waals surface area (Å²) in [6.07, 6.45) is 0. The van der Waals surface area contributed by atoms with Gasteiger partial charge in [-0.3, -0.25) is 4.79 Å². The minimum absolute atomic E-state index is 0.123. The number of methoxy groups -OCH3 is 1. The molecule has 1 amide bonds. The van der Waals surface area contributed by atoms with Gasteiger partial charge in [-0.25, -0.2) is 0 Å². The number of thioether (sulfide) groups is 1. The average molecular weight is 480 g/mol. The van der Waals surface area contributed by atoms with E-state index in [0.29, 0.717) is 22.2 Å². The SMILES string of the molecule is COc1ccccc1N1CCN(c2ccc(SCC(=O)Nc3ccc4c(c3)OCO4)nn2)CC1. The molecular weight excluding hydrogens is 454 g/mol. The van der Waals surface area contributed by atoms with Crippen molar-refractivity contribution in [1.29, 1.82) is 0 Å². The number of hydrogen-bond acceptors (Lipinski definition) is 9. The van der Waals surface area contributed by atoms with Crippen LogP contribution in [0.15, 0.2) is 59.6 Å². The van der Waals surface area contributed by atoms with Gasteiger partial charge in [-0.1, -0.05) is 23.9 Å². The van der Waals surface area contributed by atoms with E-state index in [-0.39, 0.29) is 18.5 Å². The van der Waals surface area contributed by atoms with E-state index in [9.17, 15) is 4.79 Å². The van der Waals surface area contributed by atoms with Crippen molar-refractivity contribution >= 4 is 34.9 Å². The van der Waals surface area contributed by atoms with Crippen LogP contribution in [-0.4, -0.2) is 61.9 Å². The summed E-state index contributed by atoms with van der Waals surface area (Å²) in [5.41, 5.74) is 1.78. The molecule has 0 bridgehead atoms. The lowest BCUT2D eigenvalue weighted by Gasteiger charge is -2.37. The summed E-state index contributed by atoms with van der Waals surface area (Å²) >= 11 is 1.35. The minimum Gasteiger partial charge on any atom is -0.495 e. The number of para-hydroxylation sites is 2. The number of hydrogen-bond donors (Lipinski definition) is 1. The van der Waals surface area contributed by atoms with Crippen molar-refractivity contribution in [1.82, 2.24) is 10.2 Å². The molecule has 2 aromatic carbocycles. The molecule has 0 aliphatic carbocycles. The first kappa shape index (κ1) is 22.1. The number of piperazine rings is 1. The van der Waals surface area contributed by atoms with Crippen molar-refractivity contribution in [3.05, 3.63) is 54.6 Å². The van der Waals surface area contributed by atoms with Crippen LogP contribution in [0, 0.1) is 0 Å². The topological polar surface area (TPSA) is 89.1 Å². The molecule has 3 aromatic rings. The highest BCUT2D eigenvalue weighted by Gasteiger charge is 2.21. The number of benzene rings is 2. The van der Waals surface area contributed by atoms with Gasteiger partial charge in [0.2, 0.25) is 12.7 Å². The zero-order valence-electron chi connectivity index (χ0n) is 18.8. The van der Waals surface area contributed by atoms with E-state index in [1.54, 1.807) is 25.3 Å². The Morgan fingerprint density at radius 2 is 1.79 bits per heavy atom. The molecule has 9 nitrogen and oxygen atoms in total. The fourth-order valence-corrected chi connectivity index (χ4v) is 4.55. The lowest BCUT2D eigenvalue weighted by molar-refractivity contribution is -0.113. The number of amides is 1. The molecule has 1 aromatic heterocycles. The molecule has 0 atom stereocenters. The molecule has 10 heteroatoms. The van der Waals surface area contributed by atoms with E-state index >= 15 is 0 Å². The highest BCUT2D eigenvalue weighted by atomic mass is 32.2. The zero-order valence-corrected chi connectivity index (χ0v) is 19.6. The Morgan fingerprint density at radius 3 is 2.59 bits per heavy atom. The third kappa shape index (κ3) is 4.96. The van der Waals surface area contributed by atoms with Crippen LogP contribution in [0.2, 0.25) is 0 Å². The van der Waals surface area contributed by atoms with Crippen molar-refractivity contribution in [3.63, 3.8) is 0 Å². The maximum Gasteiger partial charge on any atom is 0.234 e. The van der Waals surface area contributed by atoms with Crippen molar-refractivity contribution in [2.24, 2.45) is 0 Å². The number of nitrogens with one attached hydrogen (secondary N) is 1. The molecule has 1 saturated heterocycles. The molecule has 176 valence electrons. The van der Waals surface area contributed by atoms with Crippen LogP contribution in [0.5, 0.6) is 17.2 Å². The maximum absolute atomic E-state index is 12.3. The molecule has 1 N–H and O–H groups in total. The fourth-order valence-electron chi connectivity index (χ4n) is 3.94. The molecule has 0 unspecified atom stereocenters. The van der Waals surface area contributed by atoms with E-state index in [2.05, 4.69) is 31.4 Å². The molecule has 0 radical (unpaired) electrons. The summed E-state index contributed by atoms with van der Waals surface area (Å²) in [5, 5.41) is 12.3. The van der Waals surface area contributed by atoms with Crippen molar-refractivity contribution < 1.29 is 19.0 Å². The quantitative estimate of drug-likeness (QED) is 0.513. The highest BCUT2D eigenvalue weighted by Crippen LogP contribution is 2.34. The number of carbonyl (C=O) groups excluding carboxylic acids is 1. The summed E-state index contributed by atoms with van der Waals surface area (Å²) in [4.78, 5) is 16.9. The number of aromatic nitrogens is 2. The molecule has 0 saturated carbocycles. The van der Waals surface area contributed by atoms with E-state index in [1.165, 1.54) is 11.8 Å². The standard InChI is InChI=1S/C24H25N5O4S/c1-31-19-5-3-2-4-18(19)28-10-12-29(13-11-28)22-8-9-24(27-26-22)34-15-23(30)25-17-6-7-20-21(14-17)33-16-32-20/h2-9,14H,10-13,15-16H2,1H3,(H,25,30). The van der Waals surface area contributed by atoms with Crippen LogP contribution in [0.4, 0.5) is 17.2 Å². The van der Waals surface area contributed by atoms with Crippen molar-refractivity contribution in [3.8, 4) is 17.2 Å². The Labute approximate surface area is 202 Å². The van der Waals surface area contributed by atoms with Crippen LogP contribution in [-0.2, 0) is 4.79 Å². The van der Waals surface area contributed by atoms with Gasteiger partial charge in [0.15, 0.2) is 17.3 Å². The molecular formula is C24H25N5O4S. The van der Waals surface area contributed by atoms with E-state index < -0.39 is 0 Å². The van der Waals surface area contributed by atoms with E-state index in [0.717, 1.165) is 43.4 Å². The summed E-state index contributed by atoms with van der Waals surface area (Å²) in [6, 6.07) is 17.3. The summed E-state index contributed by atoms with van der Waals surface area (Å²) in [7, 11) is 1.70. The van der Waals surface area contributed by atoms with E-state index in [1.807, 2.05) is 30.3 Å². The van der Waals surface area contributed by atoms with Crippen LogP contribution in [0.3, 0.4) is 0 Å². The Balaban J connectivity index is 1.11. The smallest absolute Gasteiger partial charge is 0.234 e. The summed E-state index contributed by atoms with van der Waals surface area (Å²) in [6.45, 7) is 3.64. The number of nitrogens with zero attached hydrogens (tertiary/aromatic N) is 4. The van der Waals surface area contributed by atoms with Gasteiger partial charge in [-0.05, 0) is 36.4 Å². The number of anilines is 3. The zero-order chi connectivity index (χ0) is 23.3. The van der Waals surface area contributed by atoms with Gasteiger partial charge in [-0.2, -0.15) is 0 Å². The van der Waals surface area contributed by atoms with Gasteiger partial charge < -0.3 is 29.3 Å². The minimum atomic E-state index is -0.123. The second kappa shape index (κ2) is 10.1. The summed E-state index contributed by atoms with van der Waals surface area (Å²) in [5.74, 6) is 3.16. The Morgan fingerprint density at radius 1 is 1.00 bits per heavy atom. The third-order valence-electron chi connectivity index (χ3n) is 5.66. The number of rotatable bonds is 7. The number of carbonyl (C=O) groups is 1. The number of ether oxygens (including phenoxy) is 3. The van der Waals surface area contributed by atoms with Crippen LogP contribution >= 0.6 is 11.8 Å². The van der Waals surface area contributed by atoms with Gasteiger partial charge >= 0.3 is 0 Å². The predicted molar refractivity (Wildman–Crippen MR) is 131 cm³/mol. The second-order valence-corrected chi connectivity index (χ2v) is 8.78.